The first-order valence-electron chi connectivity index (χ1n) is 3.00. The van der Waals surface area contributed by atoms with Crippen LogP contribution in [-0.2, 0) is 0 Å². The largest absolute Gasteiger partial charge is 0.347 e. The van der Waals surface area contributed by atoms with E-state index in [4.69, 9.17) is 0 Å². The van der Waals surface area contributed by atoms with Crippen molar-refractivity contribution in [3.63, 3.8) is 0 Å². The lowest BCUT2D eigenvalue weighted by atomic mass is 10.5. The molecule has 5 heteroatoms. The average Bonchev–Trinajstić information content (AvgIpc) is 2.34. The van der Waals surface area contributed by atoms with Gasteiger partial charge in [0.15, 0.2) is 0 Å². The molecule has 56 valence electrons. The Balaban J connectivity index is 3.02. The monoisotopic (exact) mass is 213 g/mol. The number of fused-ring (bicyclic) bond motifs is 1. The van der Waals surface area contributed by atoms with Crippen LogP contribution in [0.25, 0.3) is 5.52 Å². The zero-order valence-electron chi connectivity index (χ0n) is 5.41. The molecule has 1 N–H and O–H groups in total. The predicted octanol–water partition coefficient (Wildman–Crippen LogP) is 0.785. The van der Waals surface area contributed by atoms with E-state index in [1.54, 1.807) is 18.3 Å². The van der Waals surface area contributed by atoms with Crippen molar-refractivity contribution in [3.8, 4) is 0 Å². The number of H-pyrrole nitrogens is 1. The molecule has 0 aliphatic carbocycles. The van der Waals surface area contributed by atoms with Gasteiger partial charge in [-0.3, -0.25) is 4.98 Å². The van der Waals surface area contributed by atoms with Crippen LogP contribution in [0.5, 0.6) is 0 Å². The van der Waals surface area contributed by atoms with Gasteiger partial charge in [-0.1, -0.05) is 0 Å². The van der Waals surface area contributed by atoms with Crippen molar-refractivity contribution in [3.05, 3.63) is 33.4 Å². The van der Waals surface area contributed by atoms with Crippen molar-refractivity contribution in [2.45, 2.75) is 0 Å². The fourth-order valence-corrected chi connectivity index (χ4v) is 1.32. The Hall–Kier alpha value is -1.10. The lowest BCUT2D eigenvalue weighted by Gasteiger charge is -1.91. The van der Waals surface area contributed by atoms with E-state index in [9.17, 15) is 4.79 Å². The summed E-state index contributed by atoms with van der Waals surface area (Å²) in [5.41, 5.74) is 0.542. The van der Waals surface area contributed by atoms with Crippen molar-refractivity contribution >= 4 is 21.4 Å². The van der Waals surface area contributed by atoms with Crippen molar-refractivity contribution in [1.82, 2.24) is 14.6 Å². The summed E-state index contributed by atoms with van der Waals surface area (Å²) >= 11 is 3.17. The number of aromatic nitrogens is 3. The summed E-state index contributed by atoms with van der Waals surface area (Å²) < 4.78 is 1.96. The van der Waals surface area contributed by atoms with Crippen molar-refractivity contribution in [1.29, 1.82) is 0 Å². The summed E-state index contributed by atoms with van der Waals surface area (Å²) in [6.45, 7) is 0. The SMILES string of the molecule is O=c1[nH]c(Br)cc2ccnn12. The third-order valence-electron chi connectivity index (χ3n) is 1.37. The highest BCUT2D eigenvalue weighted by molar-refractivity contribution is 9.10. The molecular weight excluding hydrogens is 210 g/mol. The highest BCUT2D eigenvalue weighted by atomic mass is 79.9. The highest BCUT2D eigenvalue weighted by Gasteiger charge is 1.97. The topological polar surface area (TPSA) is 50.2 Å². The Bertz CT molecular complexity index is 444. The van der Waals surface area contributed by atoms with E-state index in [-0.39, 0.29) is 5.69 Å². The minimum absolute atomic E-state index is 0.237. The van der Waals surface area contributed by atoms with Gasteiger partial charge in [0.05, 0.1) is 16.3 Å². The molecule has 2 rings (SSSR count). The van der Waals surface area contributed by atoms with E-state index < -0.39 is 0 Å². The molecule has 2 heterocycles. The van der Waals surface area contributed by atoms with E-state index in [0.29, 0.717) is 4.60 Å². The van der Waals surface area contributed by atoms with Crippen LogP contribution in [0.2, 0.25) is 0 Å². The molecule has 0 saturated carbocycles. The molecule has 0 aliphatic rings. The zero-order valence-corrected chi connectivity index (χ0v) is 7.00. The van der Waals surface area contributed by atoms with E-state index in [1.165, 1.54) is 4.52 Å². The highest BCUT2D eigenvalue weighted by Crippen LogP contribution is 2.05. The maximum Gasteiger partial charge on any atom is 0.347 e. The third-order valence-corrected chi connectivity index (χ3v) is 1.79. The second kappa shape index (κ2) is 2.20. The van der Waals surface area contributed by atoms with Gasteiger partial charge < -0.3 is 0 Å². The molecule has 0 aromatic carbocycles. The zero-order chi connectivity index (χ0) is 7.84. The van der Waals surface area contributed by atoms with Gasteiger partial charge in [0.1, 0.15) is 0 Å². The van der Waals surface area contributed by atoms with Gasteiger partial charge in [0.25, 0.3) is 0 Å². The summed E-state index contributed by atoms with van der Waals surface area (Å²) in [6.07, 6.45) is 1.58. The summed E-state index contributed by atoms with van der Waals surface area (Å²) in [4.78, 5) is 13.6. The molecule has 0 unspecified atom stereocenters. The van der Waals surface area contributed by atoms with Gasteiger partial charge in [-0.2, -0.15) is 9.61 Å². The number of rotatable bonds is 0. The summed E-state index contributed by atoms with van der Waals surface area (Å²) in [5, 5.41) is 3.81. The van der Waals surface area contributed by atoms with Gasteiger partial charge in [-0.15, -0.1) is 0 Å². The molecule has 0 spiro atoms. The molecule has 0 amide bonds. The molecule has 0 saturated heterocycles. The Morgan fingerprint density at radius 2 is 2.45 bits per heavy atom. The van der Waals surface area contributed by atoms with Crippen LogP contribution in [0.3, 0.4) is 0 Å². The molecule has 0 radical (unpaired) electrons. The van der Waals surface area contributed by atoms with Crippen LogP contribution in [0.4, 0.5) is 0 Å². The molecule has 0 fully saturated rings. The Labute approximate surface area is 70.0 Å². The predicted molar refractivity (Wildman–Crippen MR) is 43.5 cm³/mol. The number of halogens is 1. The van der Waals surface area contributed by atoms with E-state index in [0.717, 1.165) is 5.52 Å². The van der Waals surface area contributed by atoms with Crippen molar-refractivity contribution in [2.75, 3.05) is 0 Å². The first-order chi connectivity index (χ1) is 5.27. The number of nitrogens with one attached hydrogen (secondary N) is 1. The first kappa shape index (κ1) is 6.60. The summed E-state index contributed by atoms with van der Waals surface area (Å²) in [5.74, 6) is 0. The second-order valence-corrected chi connectivity index (χ2v) is 2.94. The van der Waals surface area contributed by atoms with Crippen LogP contribution >= 0.6 is 15.9 Å². The fourth-order valence-electron chi connectivity index (χ4n) is 0.914. The minimum Gasteiger partial charge on any atom is -0.300 e. The molecule has 11 heavy (non-hydrogen) atoms. The van der Waals surface area contributed by atoms with Crippen LogP contribution < -0.4 is 5.69 Å². The quantitative estimate of drug-likeness (QED) is 0.659. The third kappa shape index (κ3) is 0.970. The molecule has 2 aromatic rings. The molecular formula is C6H4BrN3O. The molecule has 0 atom stereocenters. The smallest absolute Gasteiger partial charge is 0.300 e. The Morgan fingerprint density at radius 3 is 3.27 bits per heavy atom. The maximum atomic E-state index is 11.1. The van der Waals surface area contributed by atoms with Gasteiger partial charge in [0, 0.05) is 0 Å². The van der Waals surface area contributed by atoms with Crippen LogP contribution in [0.15, 0.2) is 27.7 Å². The fraction of sp³-hybridized carbons (Fsp3) is 0. The normalized spacial score (nSPS) is 10.6. The number of nitrogens with zero attached hydrogens (tertiary/aromatic N) is 2. The van der Waals surface area contributed by atoms with Crippen LogP contribution in [-0.4, -0.2) is 14.6 Å². The average molecular weight is 214 g/mol. The number of aromatic amines is 1. The van der Waals surface area contributed by atoms with Gasteiger partial charge in [-0.05, 0) is 28.1 Å². The molecule has 0 bridgehead atoms. The standard InChI is InChI=1S/C6H4BrN3O/c7-5-3-4-1-2-8-10(4)6(11)9-5/h1-3H,(H,9,11). The molecule has 0 aliphatic heterocycles. The van der Waals surface area contributed by atoms with E-state index in [1.807, 2.05) is 0 Å². The first-order valence-corrected chi connectivity index (χ1v) is 3.79. The molecule has 4 nitrogen and oxygen atoms in total. The second-order valence-electron chi connectivity index (χ2n) is 2.09. The summed E-state index contributed by atoms with van der Waals surface area (Å²) in [7, 11) is 0. The molecule has 2 aromatic heterocycles. The minimum atomic E-state index is -0.237. The van der Waals surface area contributed by atoms with Crippen LogP contribution in [0, 0.1) is 0 Å². The van der Waals surface area contributed by atoms with Gasteiger partial charge >= 0.3 is 5.69 Å². The maximum absolute atomic E-state index is 11.1. The van der Waals surface area contributed by atoms with Gasteiger partial charge in [0.2, 0.25) is 0 Å². The number of hydrogen-bond donors (Lipinski definition) is 1. The lowest BCUT2D eigenvalue weighted by molar-refractivity contribution is 0.861. The Morgan fingerprint density at radius 1 is 1.64 bits per heavy atom. The Kier molecular flexibility index (Phi) is 1.32. The van der Waals surface area contributed by atoms with Gasteiger partial charge in [-0.25, -0.2) is 4.79 Å². The van der Waals surface area contributed by atoms with E-state index in [2.05, 4.69) is 26.0 Å². The van der Waals surface area contributed by atoms with Crippen molar-refractivity contribution < 1.29 is 0 Å². The van der Waals surface area contributed by atoms with E-state index >= 15 is 0 Å². The van der Waals surface area contributed by atoms with Crippen molar-refractivity contribution in [2.24, 2.45) is 0 Å². The lowest BCUT2D eigenvalue weighted by Crippen LogP contribution is -2.16. The van der Waals surface area contributed by atoms with Crippen LogP contribution in [0.1, 0.15) is 0 Å². The summed E-state index contributed by atoms with van der Waals surface area (Å²) in [6, 6.07) is 3.55. The number of hydrogen-bond acceptors (Lipinski definition) is 2.